The molecule has 0 radical (unpaired) electrons. The van der Waals surface area contributed by atoms with Gasteiger partial charge in [0.2, 0.25) is 0 Å². The SMILES string of the molecule is C/C=C/CCc1ccc(C#Cc2ccc(CCC3CCC(CCCCCCCCCC)CC3)cc2)cc1. The summed E-state index contributed by atoms with van der Waals surface area (Å²) >= 11 is 0. The molecule has 0 saturated heterocycles. The number of rotatable bonds is 15. The molecular formula is C37H52. The van der Waals surface area contributed by atoms with Crippen LogP contribution in [0.1, 0.15) is 132 Å². The van der Waals surface area contributed by atoms with Crippen LogP contribution in [-0.4, -0.2) is 0 Å². The Bertz CT molecular complexity index is 926. The molecule has 0 amide bonds. The van der Waals surface area contributed by atoms with E-state index in [4.69, 9.17) is 0 Å². The lowest BCUT2D eigenvalue weighted by molar-refractivity contribution is 0.248. The first kappa shape index (κ1) is 29.3. The maximum Gasteiger partial charge on any atom is 0.0249 e. The van der Waals surface area contributed by atoms with Crippen LogP contribution in [0.3, 0.4) is 0 Å². The highest BCUT2D eigenvalue weighted by molar-refractivity contribution is 5.44. The zero-order valence-electron chi connectivity index (χ0n) is 23.9. The number of unbranched alkanes of at least 4 members (excludes halogenated alkanes) is 7. The Kier molecular flexibility index (Phi) is 14.3. The lowest BCUT2D eigenvalue weighted by Crippen LogP contribution is -2.15. The van der Waals surface area contributed by atoms with Crippen molar-refractivity contribution < 1.29 is 0 Å². The fraction of sp³-hybridized carbons (Fsp3) is 0.568. The van der Waals surface area contributed by atoms with Crippen LogP contribution in [-0.2, 0) is 12.8 Å². The van der Waals surface area contributed by atoms with Gasteiger partial charge in [0.15, 0.2) is 0 Å². The molecule has 3 rings (SSSR count). The zero-order chi connectivity index (χ0) is 26.0. The smallest absolute Gasteiger partial charge is 0.0249 e. The monoisotopic (exact) mass is 496 g/mol. The summed E-state index contributed by atoms with van der Waals surface area (Å²) < 4.78 is 0. The highest BCUT2D eigenvalue weighted by atomic mass is 14.3. The van der Waals surface area contributed by atoms with E-state index >= 15 is 0 Å². The molecule has 0 nitrogen and oxygen atoms in total. The molecule has 200 valence electrons. The van der Waals surface area contributed by atoms with Gasteiger partial charge in [-0.05, 0) is 79.8 Å². The highest BCUT2D eigenvalue weighted by Crippen LogP contribution is 2.34. The van der Waals surface area contributed by atoms with Gasteiger partial charge >= 0.3 is 0 Å². The van der Waals surface area contributed by atoms with E-state index in [9.17, 15) is 0 Å². The number of hydrogen-bond acceptors (Lipinski definition) is 0. The minimum atomic E-state index is 0.940. The summed E-state index contributed by atoms with van der Waals surface area (Å²) in [7, 11) is 0. The van der Waals surface area contributed by atoms with Crippen molar-refractivity contribution in [2.24, 2.45) is 11.8 Å². The Hall–Kier alpha value is -2.26. The maximum atomic E-state index is 3.34. The lowest BCUT2D eigenvalue weighted by Gasteiger charge is -2.28. The van der Waals surface area contributed by atoms with Gasteiger partial charge in [0.1, 0.15) is 0 Å². The van der Waals surface area contributed by atoms with Crippen LogP contribution >= 0.6 is 0 Å². The third-order valence-corrected chi connectivity index (χ3v) is 8.37. The van der Waals surface area contributed by atoms with Crippen LogP contribution in [0, 0.1) is 23.7 Å². The van der Waals surface area contributed by atoms with Crippen molar-refractivity contribution in [2.75, 3.05) is 0 Å². The summed E-state index contributed by atoms with van der Waals surface area (Å²) in [4.78, 5) is 0. The molecule has 2 aromatic rings. The van der Waals surface area contributed by atoms with Gasteiger partial charge in [-0.2, -0.15) is 0 Å². The van der Waals surface area contributed by atoms with Gasteiger partial charge in [0, 0.05) is 11.1 Å². The summed E-state index contributed by atoms with van der Waals surface area (Å²) in [5.74, 6) is 8.63. The molecule has 1 fully saturated rings. The Balaban J connectivity index is 1.29. The lowest BCUT2D eigenvalue weighted by atomic mass is 9.77. The molecule has 2 aromatic carbocycles. The van der Waals surface area contributed by atoms with E-state index in [1.165, 1.54) is 107 Å². The van der Waals surface area contributed by atoms with Crippen LogP contribution in [0.2, 0.25) is 0 Å². The first-order chi connectivity index (χ1) is 18.3. The van der Waals surface area contributed by atoms with E-state index < -0.39 is 0 Å². The predicted octanol–water partition coefficient (Wildman–Crippen LogP) is 10.9. The van der Waals surface area contributed by atoms with Crippen molar-refractivity contribution in [3.63, 3.8) is 0 Å². The van der Waals surface area contributed by atoms with E-state index in [0.717, 1.165) is 35.8 Å². The largest absolute Gasteiger partial charge is 0.0917 e. The Labute approximate surface area is 229 Å². The minimum Gasteiger partial charge on any atom is -0.0917 e. The van der Waals surface area contributed by atoms with E-state index in [-0.39, 0.29) is 0 Å². The fourth-order valence-corrected chi connectivity index (χ4v) is 5.82. The third kappa shape index (κ3) is 12.2. The predicted molar refractivity (Wildman–Crippen MR) is 163 cm³/mol. The summed E-state index contributed by atoms with van der Waals surface area (Å²) in [6.07, 6.45) is 28.1. The summed E-state index contributed by atoms with van der Waals surface area (Å²) in [5, 5.41) is 0. The van der Waals surface area contributed by atoms with Gasteiger partial charge < -0.3 is 0 Å². The molecule has 0 heterocycles. The van der Waals surface area contributed by atoms with E-state index in [0.29, 0.717) is 0 Å². The molecule has 0 heteroatoms. The second kappa shape index (κ2) is 18.1. The number of benzene rings is 2. The molecule has 0 unspecified atom stereocenters. The molecule has 0 bridgehead atoms. The Morgan fingerprint density at radius 2 is 1.11 bits per heavy atom. The van der Waals surface area contributed by atoms with Crippen LogP contribution in [0.25, 0.3) is 0 Å². The second-order valence-electron chi connectivity index (χ2n) is 11.4. The van der Waals surface area contributed by atoms with Gasteiger partial charge in [-0.15, -0.1) is 0 Å². The Morgan fingerprint density at radius 3 is 1.65 bits per heavy atom. The van der Waals surface area contributed by atoms with Gasteiger partial charge in [-0.3, -0.25) is 0 Å². The Morgan fingerprint density at radius 1 is 0.622 bits per heavy atom. The van der Waals surface area contributed by atoms with E-state index in [2.05, 4.69) is 86.4 Å². The molecule has 1 aliphatic carbocycles. The third-order valence-electron chi connectivity index (χ3n) is 8.37. The molecular weight excluding hydrogens is 444 g/mol. The van der Waals surface area contributed by atoms with Gasteiger partial charge in [-0.25, -0.2) is 0 Å². The average molecular weight is 497 g/mol. The van der Waals surface area contributed by atoms with Gasteiger partial charge in [0.25, 0.3) is 0 Å². The normalized spacial score (nSPS) is 17.6. The van der Waals surface area contributed by atoms with Crippen LogP contribution in [0.15, 0.2) is 60.7 Å². The molecule has 37 heavy (non-hydrogen) atoms. The highest BCUT2D eigenvalue weighted by Gasteiger charge is 2.20. The number of allylic oxidation sites excluding steroid dienone is 2. The van der Waals surface area contributed by atoms with Crippen molar-refractivity contribution in [1.82, 2.24) is 0 Å². The van der Waals surface area contributed by atoms with Crippen molar-refractivity contribution in [3.05, 3.63) is 82.9 Å². The minimum absolute atomic E-state index is 0.940. The quantitative estimate of drug-likeness (QED) is 0.131. The fourth-order valence-electron chi connectivity index (χ4n) is 5.82. The first-order valence-electron chi connectivity index (χ1n) is 15.6. The van der Waals surface area contributed by atoms with Crippen LogP contribution in [0.4, 0.5) is 0 Å². The summed E-state index contributed by atoms with van der Waals surface area (Å²) in [6.45, 7) is 4.38. The van der Waals surface area contributed by atoms with E-state index in [1.807, 2.05) is 0 Å². The van der Waals surface area contributed by atoms with E-state index in [1.54, 1.807) is 0 Å². The number of aryl methyl sites for hydroxylation is 2. The second-order valence-corrected chi connectivity index (χ2v) is 11.4. The summed E-state index contributed by atoms with van der Waals surface area (Å²) in [5.41, 5.74) is 5.06. The van der Waals surface area contributed by atoms with Gasteiger partial charge in [0.05, 0.1) is 0 Å². The molecule has 0 spiro atoms. The van der Waals surface area contributed by atoms with Crippen molar-refractivity contribution >= 4 is 0 Å². The topological polar surface area (TPSA) is 0 Å². The summed E-state index contributed by atoms with van der Waals surface area (Å²) in [6, 6.07) is 17.7. The zero-order valence-corrected chi connectivity index (χ0v) is 23.9. The molecule has 0 N–H and O–H groups in total. The van der Waals surface area contributed by atoms with Crippen LogP contribution in [0.5, 0.6) is 0 Å². The average Bonchev–Trinajstić information content (AvgIpc) is 2.94. The van der Waals surface area contributed by atoms with Crippen molar-refractivity contribution in [1.29, 1.82) is 0 Å². The van der Waals surface area contributed by atoms with Crippen LogP contribution < -0.4 is 0 Å². The molecule has 1 saturated carbocycles. The van der Waals surface area contributed by atoms with Crippen molar-refractivity contribution in [3.8, 4) is 11.8 Å². The van der Waals surface area contributed by atoms with Gasteiger partial charge in [-0.1, -0.05) is 139 Å². The standard InChI is InChI=1S/C37H52/c1-3-5-7-8-9-10-11-13-15-33-18-22-35(23-19-33)25-27-37-30-28-36(29-31-37)26-24-34-20-16-32(17-21-34)14-12-6-4-2/h4,6,16-17,20-21,28-31,33,35H,3,5,7-15,18-19,22-23,25,27H2,1-2H3/b6-4+. The molecule has 0 aliphatic heterocycles. The first-order valence-corrected chi connectivity index (χ1v) is 15.6. The number of hydrogen-bond donors (Lipinski definition) is 0. The van der Waals surface area contributed by atoms with Crippen molar-refractivity contribution in [2.45, 2.75) is 123 Å². The molecule has 1 aliphatic rings. The maximum absolute atomic E-state index is 3.34. The molecule has 0 atom stereocenters. The molecule has 0 aromatic heterocycles.